The Balaban J connectivity index is 2.04. The third kappa shape index (κ3) is 2.85. The minimum Gasteiger partial charge on any atom is -0.508 e. The van der Waals surface area contributed by atoms with Crippen LogP contribution < -0.4 is 5.32 Å². The highest BCUT2D eigenvalue weighted by atomic mass is 16.3. The fraction of sp³-hybridized carbons (Fsp3) is 0.308. The van der Waals surface area contributed by atoms with Crippen molar-refractivity contribution >= 4 is 0 Å². The number of hydrogen-bond donors (Lipinski definition) is 3. The van der Waals surface area contributed by atoms with Crippen molar-refractivity contribution in [3.8, 4) is 5.75 Å². The van der Waals surface area contributed by atoms with Crippen molar-refractivity contribution in [3.63, 3.8) is 0 Å². The molecule has 90 valence electrons. The number of nitrogens with zero attached hydrogens (tertiary/aromatic N) is 1. The van der Waals surface area contributed by atoms with E-state index in [9.17, 15) is 5.11 Å². The lowest BCUT2D eigenvalue weighted by molar-refractivity contribution is 0.441. The number of nitrogens with one attached hydrogen (secondary N) is 2. The van der Waals surface area contributed by atoms with Gasteiger partial charge in [0.25, 0.3) is 0 Å². The Bertz CT molecular complexity index is 453. The van der Waals surface area contributed by atoms with Gasteiger partial charge in [-0.1, -0.05) is 25.1 Å². The van der Waals surface area contributed by atoms with Crippen LogP contribution in [-0.2, 0) is 6.54 Å². The van der Waals surface area contributed by atoms with Crippen LogP contribution in [0.15, 0.2) is 36.7 Å². The van der Waals surface area contributed by atoms with E-state index in [1.54, 1.807) is 12.3 Å². The number of H-pyrrole nitrogens is 1. The minimum absolute atomic E-state index is 0.158. The van der Waals surface area contributed by atoms with Crippen molar-refractivity contribution in [1.29, 1.82) is 0 Å². The zero-order chi connectivity index (χ0) is 12.1. The predicted molar refractivity (Wildman–Crippen MR) is 66.6 cm³/mol. The van der Waals surface area contributed by atoms with Crippen LogP contribution in [-0.4, -0.2) is 15.3 Å². The first kappa shape index (κ1) is 11.7. The average Bonchev–Trinajstić information content (AvgIpc) is 2.85. The Morgan fingerprint density at radius 2 is 2.24 bits per heavy atom. The molecule has 0 fully saturated rings. The summed E-state index contributed by atoms with van der Waals surface area (Å²) in [5.41, 5.74) is 2.05. The molecule has 1 aromatic heterocycles. The van der Waals surface area contributed by atoms with E-state index in [1.165, 1.54) is 0 Å². The number of benzene rings is 1. The molecule has 0 aliphatic heterocycles. The minimum atomic E-state index is 0.158. The molecule has 3 N–H and O–H groups in total. The molecule has 4 heteroatoms. The second-order valence-corrected chi connectivity index (χ2v) is 4.01. The molecular formula is C13H17N3O. The van der Waals surface area contributed by atoms with E-state index < -0.39 is 0 Å². The summed E-state index contributed by atoms with van der Waals surface area (Å²) in [6, 6.07) is 7.61. The molecule has 0 saturated carbocycles. The van der Waals surface area contributed by atoms with E-state index in [-0.39, 0.29) is 6.04 Å². The van der Waals surface area contributed by atoms with Crippen molar-refractivity contribution < 1.29 is 5.11 Å². The Kier molecular flexibility index (Phi) is 3.77. The summed E-state index contributed by atoms with van der Waals surface area (Å²) in [6.07, 6.45) is 4.59. The number of aromatic amines is 1. The van der Waals surface area contributed by atoms with Gasteiger partial charge in [-0.05, 0) is 12.5 Å². The summed E-state index contributed by atoms with van der Waals surface area (Å²) >= 11 is 0. The molecule has 1 atom stereocenters. The van der Waals surface area contributed by atoms with Gasteiger partial charge < -0.3 is 10.4 Å². The number of aromatic nitrogens is 2. The summed E-state index contributed by atoms with van der Waals surface area (Å²) in [5, 5.41) is 19.9. The lowest BCUT2D eigenvalue weighted by Crippen LogP contribution is -2.20. The van der Waals surface area contributed by atoms with Gasteiger partial charge in [-0.2, -0.15) is 5.10 Å². The summed E-state index contributed by atoms with van der Waals surface area (Å²) in [5.74, 6) is 0.346. The molecule has 0 spiro atoms. The molecule has 1 heterocycles. The summed E-state index contributed by atoms with van der Waals surface area (Å²) in [7, 11) is 0. The van der Waals surface area contributed by atoms with Crippen LogP contribution in [0.4, 0.5) is 0 Å². The van der Waals surface area contributed by atoms with Gasteiger partial charge in [0.1, 0.15) is 5.75 Å². The van der Waals surface area contributed by atoms with E-state index in [0.29, 0.717) is 5.75 Å². The first-order chi connectivity index (χ1) is 8.31. The Hall–Kier alpha value is -1.81. The fourth-order valence-corrected chi connectivity index (χ4v) is 1.87. The third-order valence-electron chi connectivity index (χ3n) is 2.83. The van der Waals surface area contributed by atoms with Crippen molar-refractivity contribution in [2.24, 2.45) is 0 Å². The summed E-state index contributed by atoms with van der Waals surface area (Å²) < 4.78 is 0. The Morgan fingerprint density at radius 1 is 1.41 bits per heavy atom. The molecule has 1 aromatic carbocycles. The Morgan fingerprint density at radius 3 is 2.88 bits per heavy atom. The van der Waals surface area contributed by atoms with Gasteiger partial charge in [-0.25, -0.2) is 0 Å². The van der Waals surface area contributed by atoms with Gasteiger partial charge in [-0.15, -0.1) is 0 Å². The van der Waals surface area contributed by atoms with Crippen molar-refractivity contribution in [2.75, 3.05) is 0 Å². The highest BCUT2D eigenvalue weighted by Crippen LogP contribution is 2.25. The number of aromatic hydroxyl groups is 1. The van der Waals surface area contributed by atoms with E-state index in [0.717, 1.165) is 24.1 Å². The molecule has 0 bridgehead atoms. The van der Waals surface area contributed by atoms with Crippen molar-refractivity contribution in [3.05, 3.63) is 47.8 Å². The van der Waals surface area contributed by atoms with E-state index in [4.69, 9.17) is 0 Å². The van der Waals surface area contributed by atoms with E-state index in [2.05, 4.69) is 22.4 Å². The second kappa shape index (κ2) is 5.50. The van der Waals surface area contributed by atoms with Gasteiger partial charge >= 0.3 is 0 Å². The van der Waals surface area contributed by atoms with Gasteiger partial charge in [0, 0.05) is 29.9 Å². The maximum absolute atomic E-state index is 9.81. The van der Waals surface area contributed by atoms with Gasteiger partial charge in [0.2, 0.25) is 0 Å². The van der Waals surface area contributed by atoms with Crippen LogP contribution in [0.5, 0.6) is 5.75 Å². The maximum atomic E-state index is 9.81. The first-order valence-corrected chi connectivity index (χ1v) is 5.80. The van der Waals surface area contributed by atoms with E-state index in [1.807, 2.05) is 24.4 Å². The predicted octanol–water partition coefficient (Wildman–Crippen LogP) is 2.36. The topological polar surface area (TPSA) is 60.9 Å². The first-order valence-electron chi connectivity index (χ1n) is 5.80. The zero-order valence-corrected chi connectivity index (χ0v) is 9.85. The molecule has 0 amide bonds. The van der Waals surface area contributed by atoms with Crippen LogP contribution in [0.25, 0.3) is 0 Å². The normalized spacial score (nSPS) is 12.5. The molecule has 17 heavy (non-hydrogen) atoms. The molecule has 0 saturated heterocycles. The number of para-hydroxylation sites is 1. The van der Waals surface area contributed by atoms with Crippen LogP contribution in [0.1, 0.15) is 30.5 Å². The highest BCUT2D eigenvalue weighted by Gasteiger charge is 2.12. The SMILES string of the molecule is CCC(NCc1cn[nH]c1)c1ccccc1O. The van der Waals surface area contributed by atoms with Crippen LogP contribution in [0, 0.1) is 0 Å². The zero-order valence-electron chi connectivity index (χ0n) is 9.85. The maximum Gasteiger partial charge on any atom is 0.120 e. The summed E-state index contributed by atoms with van der Waals surface area (Å²) in [4.78, 5) is 0. The lowest BCUT2D eigenvalue weighted by Gasteiger charge is -2.18. The second-order valence-electron chi connectivity index (χ2n) is 4.01. The largest absolute Gasteiger partial charge is 0.508 e. The molecule has 1 unspecified atom stereocenters. The van der Waals surface area contributed by atoms with Gasteiger partial charge in [-0.3, -0.25) is 5.10 Å². The smallest absolute Gasteiger partial charge is 0.120 e. The number of rotatable bonds is 5. The third-order valence-corrected chi connectivity index (χ3v) is 2.83. The van der Waals surface area contributed by atoms with Crippen molar-refractivity contribution in [2.45, 2.75) is 25.9 Å². The molecule has 2 aromatic rings. The standard InChI is InChI=1S/C13H17N3O/c1-2-12(11-5-3-4-6-13(11)17)14-7-10-8-15-16-9-10/h3-6,8-9,12,14,17H,2,7H2,1H3,(H,15,16). The van der Waals surface area contributed by atoms with Crippen LogP contribution in [0.3, 0.4) is 0 Å². The molecular weight excluding hydrogens is 214 g/mol. The lowest BCUT2D eigenvalue weighted by atomic mass is 10.0. The molecule has 2 rings (SSSR count). The molecule has 0 aliphatic carbocycles. The number of phenolic OH excluding ortho intramolecular Hbond substituents is 1. The molecule has 0 radical (unpaired) electrons. The number of hydrogen-bond acceptors (Lipinski definition) is 3. The Labute approximate surface area is 101 Å². The van der Waals surface area contributed by atoms with Crippen LogP contribution in [0.2, 0.25) is 0 Å². The van der Waals surface area contributed by atoms with Gasteiger partial charge in [0.15, 0.2) is 0 Å². The monoisotopic (exact) mass is 231 g/mol. The van der Waals surface area contributed by atoms with Crippen molar-refractivity contribution in [1.82, 2.24) is 15.5 Å². The quantitative estimate of drug-likeness (QED) is 0.740. The summed E-state index contributed by atoms with van der Waals surface area (Å²) in [6.45, 7) is 2.84. The highest BCUT2D eigenvalue weighted by molar-refractivity contribution is 5.34. The van der Waals surface area contributed by atoms with E-state index >= 15 is 0 Å². The fourth-order valence-electron chi connectivity index (χ4n) is 1.87. The molecule has 0 aliphatic rings. The molecule has 4 nitrogen and oxygen atoms in total. The number of phenols is 1. The average molecular weight is 231 g/mol. The van der Waals surface area contributed by atoms with Gasteiger partial charge in [0.05, 0.1) is 6.20 Å². The van der Waals surface area contributed by atoms with Crippen LogP contribution >= 0.6 is 0 Å².